The molecule has 0 fully saturated rings. The lowest BCUT2D eigenvalue weighted by Gasteiger charge is -2.14. The number of amides is 2. The number of halogens is 1. The predicted octanol–water partition coefficient (Wildman–Crippen LogP) is 5.01. The quantitative estimate of drug-likeness (QED) is 0.415. The number of carbonyl (C=O) groups excluding carboxylic acids is 2. The van der Waals surface area contributed by atoms with Gasteiger partial charge in [0.2, 0.25) is 5.91 Å². The van der Waals surface area contributed by atoms with Crippen LogP contribution < -0.4 is 10.6 Å². The molecular formula is C25H21BrN2O5. The Morgan fingerprint density at radius 2 is 1.58 bits per heavy atom. The Hall–Kier alpha value is -3.65. The molecule has 1 aliphatic carbocycles. The fourth-order valence-electron chi connectivity index (χ4n) is 3.92. The molecule has 3 aromatic rings. The van der Waals surface area contributed by atoms with Crippen LogP contribution in [0.5, 0.6) is 0 Å². The maximum atomic E-state index is 12.2. The van der Waals surface area contributed by atoms with Crippen LogP contribution >= 0.6 is 15.9 Å². The van der Waals surface area contributed by atoms with Crippen molar-refractivity contribution >= 4 is 39.6 Å². The molecule has 4 rings (SSSR count). The Kier molecular flexibility index (Phi) is 6.74. The van der Waals surface area contributed by atoms with E-state index in [1.807, 2.05) is 36.4 Å². The monoisotopic (exact) mass is 508 g/mol. The lowest BCUT2D eigenvalue weighted by Crippen LogP contribution is -2.29. The average molecular weight is 509 g/mol. The van der Waals surface area contributed by atoms with E-state index in [1.165, 1.54) is 6.07 Å². The van der Waals surface area contributed by atoms with Crippen molar-refractivity contribution in [2.45, 2.75) is 12.3 Å². The van der Waals surface area contributed by atoms with Gasteiger partial charge >= 0.3 is 12.1 Å². The normalized spacial score (nSPS) is 11.9. The zero-order valence-corrected chi connectivity index (χ0v) is 19.1. The molecular weight excluding hydrogens is 488 g/mol. The van der Waals surface area contributed by atoms with Gasteiger partial charge in [-0.2, -0.15) is 0 Å². The number of hydrogen-bond acceptors (Lipinski definition) is 4. The van der Waals surface area contributed by atoms with Gasteiger partial charge in [0.1, 0.15) is 6.61 Å². The summed E-state index contributed by atoms with van der Waals surface area (Å²) in [4.78, 5) is 35.5. The smallest absolute Gasteiger partial charge is 0.407 e. The molecule has 0 bridgehead atoms. The van der Waals surface area contributed by atoms with Crippen LogP contribution in [0.1, 0.15) is 33.8 Å². The Morgan fingerprint density at radius 3 is 2.21 bits per heavy atom. The first kappa shape index (κ1) is 22.5. The lowest BCUT2D eigenvalue weighted by atomic mass is 9.98. The van der Waals surface area contributed by atoms with Gasteiger partial charge in [0.15, 0.2) is 0 Å². The number of carbonyl (C=O) groups is 3. The molecule has 0 heterocycles. The molecule has 3 aromatic carbocycles. The summed E-state index contributed by atoms with van der Waals surface area (Å²) < 4.78 is 5.86. The van der Waals surface area contributed by atoms with Crippen LogP contribution in [-0.4, -0.2) is 36.2 Å². The van der Waals surface area contributed by atoms with Gasteiger partial charge in [0, 0.05) is 29.0 Å². The third-order valence-corrected chi connectivity index (χ3v) is 6.14. The van der Waals surface area contributed by atoms with Gasteiger partial charge in [-0.25, -0.2) is 9.59 Å². The number of nitrogens with one attached hydrogen (secondary N) is 2. The van der Waals surface area contributed by atoms with Crippen molar-refractivity contribution in [3.05, 3.63) is 87.9 Å². The van der Waals surface area contributed by atoms with Crippen molar-refractivity contribution < 1.29 is 24.2 Å². The molecule has 3 N–H and O–H groups in total. The Labute approximate surface area is 198 Å². The molecule has 0 aliphatic heterocycles. The molecule has 0 aromatic heterocycles. The van der Waals surface area contributed by atoms with Gasteiger partial charge in [-0.1, -0.05) is 48.5 Å². The fraction of sp³-hybridized carbons (Fsp3) is 0.160. The first-order chi connectivity index (χ1) is 15.9. The molecule has 0 saturated carbocycles. The van der Waals surface area contributed by atoms with Crippen LogP contribution in [0.3, 0.4) is 0 Å². The molecule has 2 amide bonds. The van der Waals surface area contributed by atoms with Crippen LogP contribution in [0.25, 0.3) is 11.1 Å². The number of carboxylic acids is 1. The highest BCUT2D eigenvalue weighted by Gasteiger charge is 2.28. The van der Waals surface area contributed by atoms with Gasteiger partial charge in [-0.05, 0) is 56.4 Å². The van der Waals surface area contributed by atoms with Crippen molar-refractivity contribution in [2.75, 3.05) is 18.5 Å². The highest BCUT2D eigenvalue weighted by atomic mass is 79.9. The molecule has 168 valence electrons. The van der Waals surface area contributed by atoms with E-state index in [1.54, 1.807) is 12.1 Å². The minimum atomic E-state index is -1.10. The topological polar surface area (TPSA) is 105 Å². The number of anilines is 1. The summed E-state index contributed by atoms with van der Waals surface area (Å²) in [5.74, 6) is -1.49. The second-order valence-corrected chi connectivity index (χ2v) is 8.40. The summed E-state index contributed by atoms with van der Waals surface area (Å²) >= 11 is 3.16. The van der Waals surface area contributed by atoms with Crippen LogP contribution in [-0.2, 0) is 9.53 Å². The molecule has 8 heteroatoms. The highest BCUT2D eigenvalue weighted by molar-refractivity contribution is 9.10. The summed E-state index contributed by atoms with van der Waals surface area (Å²) in [7, 11) is 0. The van der Waals surface area contributed by atoms with Crippen molar-refractivity contribution in [2.24, 2.45) is 0 Å². The third kappa shape index (κ3) is 5.06. The van der Waals surface area contributed by atoms with Crippen LogP contribution in [0.2, 0.25) is 0 Å². The largest absolute Gasteiger partial charge is 0.478 e. The Bertz CT molecular complexity index is 1180. The molecule has 0 radical (unpaired) electrons. The van der Waals surface area contributed by atoms with E-state index in [4.69, 9.17) is 9.84 Å². The SMILES string of the molecule is O=C(CCNC(=O)OCC1c2ccccc2-c2ccccc21)Nc1ccc(Br)c(C(=O)O)c1. The zero-order chi connectivity index (χ0) is 23.4. The van der Waals surface area contributed by atoms with Crippen LogP contribution in [0.4, 0.5) is 10.5 Å². The number of alkyl carbamates (subject to hydrolysis) is 1. The third-order valence-electron chi connectivity index (χ3n) is 5.45. The Balaban J connectivity index is 1.26. The minimum Gasteiger partial charge on any atom is -0.478 e. The van der Waals surface area contributed by atoms with Crippen molar-refractivity contribution in [1.29, 1.82) is 0 Å². The summed E-state index contributed by atoms with van der Waals surface area (Å²) in [6.45, 7) is 0.285. The second-order valence-electron chi connectivity index (χ2n) is 7.55. The molecule has 0 unspecified atom stereocenters. The maximum Gasteiger partial charge on any atom is 0.407 e. The van der Waals surface area contributed by atoms with Gasteiger partial charge in [0.25, 0.3) is 0 Å². The average Bonchev–Trinajstić information content (AvgIpc) is 3.12. The number of fused-ring (bicyclic) bond motifs is 3. The minimum absolute atomic E-state index is 0.0165. The number of hydrogen-bond donors (Lipinski definition) is 3. The number of aromatic carboxylic acids is 1. The summed E-state index contributed by atoms with van der Waals surface area (Å²) in [6.07, 6.45) is -0.579. The van der Waals surface area contributed by atoms with Gasteiger partial charge in [-0.15, -0.1) is 0 Å². The lowest BCUT2D eigenvalue weighted by molar-refractivity contribution is -0.116. The van der Waals surface area contributed by atoms with Crippen molar-refractivity contribution in [3.63, 3.8) is 0 Å². The van der Waals surface area contributed by atoms with Gasteiger partial charge < -0.3 is 20.5 Å². The summed E-state index contributed by atoms with van der Waals surface area (Å²) in [6, 6.07) is 20.7. The number of ether oxygens (including phenoxy) is 1. The van der Waals surface area contributed by atoms with E-state index in [-0.39, 0.29) is 37.0 Å². The maximum absolute atomic E-state index is 12.2. The number of benzene rings is 3. The Morgan fingerprint density at radius 1 is 0.939 bits per heavy atom. The number of rotatable bonds is 7. The highest BCUT2D eigenvalue weighted by Crippen LogP contribution is 2.44. The second kappa shape index (κ2) is 9.87. The standard InChI is InChI=1S/C25H21BrN2O5/c26-22-10-9-15(13-20(22)24(30)31)28-23(29)11-12-27-25(32)33-14-21-18-7-3-1-5-16(18)17-6-2-4-8-19(17)21/h1-10,13,21H,11-12,14H2,(H,27,32)(H,28,29)(H,30,31). The van der Waals surface area contributed by atoms with E-state index in [0.717, 1.165) is 22.3 Å². The molecule has 0 saturated heterocycles. The van der Waals surface area contributed by atoms with E-state index >= 15 is 0 Å². The molecule has 0 spiro atoms. The summed E-state index contributed by atoms with van der Waals surface area (Å²) in [5.41, 5.74) is 4.96. The molecule has 0 atom stereocenters. The van der Waals surface area contributed by atoms with E-state index < -0.39 is 12.1 Å². The van der Waals surface area contributed by atoms with Gasteiger partial charge in [0.05, 0.1) is 5.56 Å². The molecule has 7 nitrogen and oxygen atoms in total. The summed E-state index contributed by atoms with van der Waals surface area (Å²) in [5, 5.41) is 14.4. The molecule has 1 aliphatic rings. The van der Waals surface area contributed by atoms with E-state index in [9.17, 15) is 14.4 Å². The number of carboxylic acid groups (broad SMARTS) is 1. The van der Waals surface area contributed by atoms with Crippen molar-refractivity contribution in [1.82, 2.24) is 5.32 Å². The van der Waals surface area contributed by atoms with E-state index in [2.05, 4.69) is 38.7 Å². The van der Waals surface area contributed by atoms with Crippen molar-refractivity contribution in [3.8, 4) is 11.1 Å². The van der Waals surface area contributed by atoms with E-state index in [0.29, 0.717) is 10.2 Å². The zero-order valence-electron chi connectivity index (χ0n) is 17.5. The fourth-order valence-corrected chi connectivity index (χ4v) is 4.33. The van der Waals surface area contributed by atoms with Crippen LogP contribution in [0.15, 0.2) is 71.2 Å². The van der Waals surface area contributed by atoms with Crippen LogP contribution in [0, 0.1) is 0 Å². The first-order valence-corrected chi connectivity index (χ1v) is 11.1. The molecule has 33 heavy (non-hydrogen) atoms. The first-order valence-electron chi connectivity index (χ1n) is 10.4. The van der Waals surface area contributed by atoms with Gasteiger partial charge in [-0.3, -0.25) is 4.79 Å². The predicted molar refractivity (Wildman–Crippen MR) is 127 cm³/mol.